The van der Waals surface area contributed by atoms with E-state index in [-0.39, 0.29) is 12.4 Å². The third-order valence-corrected chi connectivity index (χ3v) is 2.88. The summed E-state index contributed by atoms with van der Waals surface area (Å²) >= 11 is 5.92. The van der Waals surface area contributed by atoms with E-state index in [4.69, 9.17) is 16.3 Å². The Morgan fingerprint density at radius 3 is 2.42 bits per heavy atom. The Morgan fingerprint density at radius 1 is 1.11 bits per heavy atom. The fourth-order valence-corrected chi connectivity index (χ4v) is 1.73. The number of Topliss-reactive ketones (excluding diaryl/α,β-unsaturated/α-hetero) is 1. The van der Waals surface area contributed by atoms with E-state index in [1.165, 1.54) is 0 Å². The molecule has 0 radical (unpaired) electrons. The van der Waals surface area contributed by atoms with E-state index in [9.17, 15) is 9.59 Å². The van der Waals surface area contributed by atoms with Crippen molar-refractivity contribution < 1.29 is 14.3 Å². The Hall–Kier alpha value is -2.13. The van der Waals surface area contributed by atoms with E-state index in [0.717, 1.165) is 6.29 Å². The lowest BCUT2D eigenvalue weighted by Crippen LogP contribution is -2.11. The van der Waals surface area contributed by atoms with Gasteiger partial charge in [0, 0.05) is 11.1 Å². The summed E-state index contributed by atoms with van der Waals surface area (Å²) in [5.74, 6) is 0.305. The molecule has 0 aromatic heterocycles. The molecule has 0 bridgehead atoms. The quantitative estimate of drug-likeness (QED) is 0.620. The van der Waals surface area contributed by atoms with Crippen molar-refractivity contribution in [3.63, 3.8) is 0 Å². The second kappa shape index (κ2) is 6.16. The van der Waals surface area contributed by atoms with Crippen molar-refractivity contribution in [3.8, 4) is 5.75 Å². The van der Waals surface area contributed by atoms with Gasteiger partial charge in [0.25, 0.3) is 0 Å². The number of rotatable bonds is 5. The molecule has 0 aliphatic heterocycles. The molecule has 0 saturated heterocycles. The molecule has 0 spiro atoms. The lowest BCUT2D eigenvalue weighted by atomic mass is 10.1. The zero-order chi connectivity index (χ0) is 13.7. The van der Waals surface area contributed by atoms with Crippen LogP contribution in [0.1, 0.15) is 20.7 Å². The van der Waals surface area contributed by atoms with Crippen LogP contribution in [-0.4, -0.2) is 18.7 Å². The molecule has 0 fully saturated rings. The molecule has 19 heavy (non-hydrogen) atoms. The van der Waals surface area contributed by atoms with Crippen molar-refractivity contribution >= 4 is 23.7 Å². The molecule has 3 nitrogen and oxygen atoms in total. The predicted octanol–water partition coefficient (Wildman–Crippen LogP) is 3.41. The van der Waals surface area contributed by atoms with Crippen molar-refractivity contribution in [1.29, 1.82) is 0 Å². The molecule has 0 aliphatic rings. The molecule has 4 heteroatoms. The van der Waals surface area contributed by atoms with Gasteiger partial charge < -0.3 is 4.74 Å². The molecule has 0 atom stereocenters. The summed E-state index contributed by atoms with van der Waals surface area (Å²) in [7, 11) is 0. The van der Waals surface area contributed by atoms with Gasteiger partial charge in [-0.2, -0.15) is 0 Å². The first-order valence-electron chi connectivity index (χ1n) is 5.66. The van der Waals surface area contributed by atoms with Crippen LogP contribution < -0.4 is 4.74 Å². The van der Waals surface area contributed by atoms with Gasteiger partial charge in [0.05, 0.1) is 5.02 Å². The number of ketones is 1. The van der Waals surface area contributed by atoms with Gasteiger partial charge in [-0.1, -0.05) is 48.0 Å². The average Bonchev–Trinajstić information content (AvgIpc) is 2.46. The highest BCUT2D eigenvalue weighted by Gasteiger charge is 2.08. The van der Waals surface area contributed by atoms with Crippen LogP contribution >= 0.6 is 11.6 Å². The number of benzene rings is 2. The molecular weight excluding hydrogens is 264 g/mol. The van der Waals surface area contributed by atoms with Crippen molar-refractivity contribution in [3.05, 3.63) is 64.7 Å². The zero-order valence-electron chi connectivity index (χ0n) is 10.0. The Kier molecular flexibility index (Phi) is 4.31. The first-order valence-corrected chi connectivity index (χ1v) is 6.04. The number of carbonyl (C=O) groups excluding carboxylic acids is 2. The van der Waals surface area contributed by atoms with Crippen LogP contribution in [0.5, 0.6) is 5.75 Å². The van der Waals surface area contributed by atoms with Crippen LogP contribution in [0.2, 0.25) is 5.02 Å². The van der Waals surface area contributed by atoms with Crippen LogP contribution in [0.15, 0.2) is 48.5 Å². The maximum absolute atomic E-state index is 11.9. The molecule has 0 amide bonds. The van der Waals surface area contributed by atoms with Crippen molar-refractivity contribution in [2.45, 2.75) is 0 Å². The third-order valence-electron chi connectivity index (χ3n) is 2.56. The molecule has 0 saturated carbocycles. The fraction of sp³-hybridized carbons (Fsp3) is 0.0667. The number of halogens is 1. The highest BCUT2D eigenvalue weighted by atomic mass is 35.5. The minimum absolute atomic E-state index is 0.0931. The largest absolute Gasteiger partial charge is 0.484 e. The summed E-state index contributed by atoms with van der Waals surface area (Å²) in [6.45, 7) is -0.0931. The SMILES string of the molecule is O=Cc1ccc(C(=O)COc2ccccc2Cl)cc1. The number of para-hydroxylation sites is 1. The van der Waals surface area contributed by atoms with Gasteiger partial charge in [-0.3, -0.25) is 9.59 Å². The van der Waals surface area contributed by atoms with Gasteiger partial charge in [0.1, 0.15) is 12.0 Å². The maximum atomic E-state index is 11.9. The zero-order valence-corrected chi connectivity index (χ0v) is 10.8. The number of carbonyl (C=O) groups is 2. The second-order valence-electron chi connectivity index (χ2n) is 3.88. The Labute approximate surface area is 115 Å². The molecule has 2 aromatic rings. The number of ether oxygens (including phenoxy) is 1. The summed E-state index contributed by atoms with van der Waals surface area (Å²) in [5, 5.41) is 0.464. The van der Waals surface area contributed by atoms with Crippen LogP contribution in [0.3, 0.4) is 0 Å². The van der Waals surface area contributed by atoms with Gasteiger partial charge in [-0.05, 0) is 12.1 Å². The monoisotopic (exact) mass is 274 g/mol. The van der Waals surface area contributed by atoms with Crippen LogP contribution in [0.25, 0.3) is 0 Å². The number of hydrogen-bond donors (Lipinski definition) is 0. The molecule has 0 N–H and O–H groups in total. The molecule has 0 aliphatic carbocycles. The standard InChI is InChI=1S/C15H11ClO3/c16-13-3-1-2-4-15(13)19-10-14(18)12-7-5-11(9-17)6-8-12/h1-9H,10H2. The van der Waals surface area contributed by atoms with Gasteiger partial charge in [-0.15, -0.1) is 0 Å². The summed E-state index contributed by atoms with van der Waals surface area (Å²) in [6.07, 6.45) is 0.731. The van der Waals surface area contributed by atoms with E-state index >= 15 is 0 Å². The third kappa shape index (κ3) is 3.42. The fourth-order valence-electron chi connectivity index (χ4n) is 1.54. The molecule has 96 valence electrons. The predicted molar refractivity (Wildman–Crippen MR) is 73.1 cm³/mol. The summed E-state index contributed by atoms with van der Waals surface area (Å²) in [6, 6.07) is 13.3. The Balaban J connectivity index is 2.01. The lowest BCUT2D eigenvalue weighted by Gasteiger charge is -2.07. The minimum atomic E-state index is -0.169. The lowest BCUT2D eigenvalue weighted by molar-refractivity contribution is 0.0921. The summed E-state index contributed by atoms with van der Waals surface area (Å²) in [4.78, 5) is 22.4. The van der Waals surface area contributed by atoms with Crippen molar-refractivity contribution in [2.24, 2.45) is 0 Å². The van der Waals surface area contributed by atoms with Crippen molar-refractivity contribution in [1.82, 2.24) is 0 Å². The van der Waals surface area contributed by atoms with Crippen LogP contribution in [0.4, 0.5) is 0 Å². The number of aldehydes is 1. The highest BCUT2D eigenvalue weighted by Crippen LogP contribution is 2.23. The Morgan fingerprint density at radius 2 is 1.79 bits per heavy atom. The van der Waals surface area contributed by atoms with Crippen LogP contribution in [0, 0.1) is 0 Å². The van der Waals surface area contributed by atoms with Gasteiger partial charge in [-0.25, -0.2) is 0 Å². The first-order chi connectivity index (χ1) is 9.20. The molecule has 2 rings (SSSR count). The van der Waals surface area contributed by atoms with E-state index in [2.05, 4.69) is 0 Å². The normalized spacial score (nSPS) is 9.95. The topological polar surface area (TPSA) is 43.4 Å². The van der Waals surface area contributed by atoms with E-state index in [1.54, 1.807) is 48.5 Å². The molecular formula is C15H11ClO3. The van der Waals surface area contributed by atoms with Gasteiger partial charge in [0.15, 0.2) is 12.4 Å². The highest BCUT2D eigenvalue weighted by molar-refractivity contribution is 6.32. The van der Waals surface area contributed by atoms with Crippen molar-refractivity contribution in [2.75, 3.05) is 6.61 Å². The Bertz CT molecular complexity index is 591. The second-order valence-corrected chi connectivity index (χ2v) is 4.29. The molecule has 2 aromatic carbocycles. The first kappa shape index (κ1) is 13.3. The van der Waals surface area contributed by atoms with Crippen LogP contribution in [-0.2, 0) is 0 Å². The number of hydrogen-bond acceptors (Lipinski definition) is 3. The minimum Gasteiger partial charge on any atom is -0.484 e. The van der Waals surface area contributed by atoms with E-state index < -0.39 is 0 Å². The maximum Gasteiger partial charge on any atom is 0.200 e. The van der Waals surface area contributed by atoms with E-state index in [1.807, 2.05) is 0 Å². The van der Waals surface area contributed by atoms with Gasteiger partial charge in [0.2, 0.25) is 0 Å². The summed E-state index contributed by atoms with van der Waals surface area (Å²) < 4.78 is 5.36. The molecule has 0 heterocycles. The smallest absolute Gasteiger partial charge is 0.200 e. The van der Waals surface area contributed by atoms with E-state index in [0.29, 0.717) is 21.9 Å². The summed E-state index contributed by atoms with van der Waals surface area (Å²) in [5.41, 5.74) is 1.03. The van der Waals surface area contributed by atoms with Gasteiger partial charge >= 0.3 is 0 Å². The average molecular weight is 275 g/mol. The molecule has 0 unspecified atom stereocenters.